The topological polar surface area (TPSA) is 128 Å². The van der Waals surface area contributed by atoms with Crippen molar-refractivity contribution in [1.82, 2.24) is 0 Å². The van der Waals surface area contributed by atoms with Crippen LogP contribution in [-0.2, 0) is 29.0 Å². The highest BCUT2D eigenvalue weighted by atomic mass is 32.2. The third-order valence-corrected chi connectivity index (χ3v) is 5.56. The van der Waals surface area contributed by atoms with Gasteiger partial charge in [-0.15, -0.1) is 0 Å². The molecule has 0 fully saturated rings. The van der Waals surface area contributed by atoms with Crippen LogP contribution in [0.4, 0.5) is 11.4 Å². The van der Waals surface area contributed by atoms with Gasteiger partial charge >= 0.3 is 5.97 Å². The Hall–Kier alpha value is -3.40. The quantitative estimate of drug-likeness (QED) is 0.578. The van der Waals surface area contributed by atoms with E-state index < -0.39 is 40.5 Å². The van der Waals surface area contributed by atoms with Crippen LogP contribution in [0.25, 0.3) is 0 Å². The highest BCUT2D eigenvalue weighted by Crippen LogP contribution is 2.17. The molecule has 30 heavy (non-hydrogen) atoms. The van der Waals surface area contributed by atoms with Crippen LogP contribution in [0.1, 0.15) is 13.3 Å². The van der Waals surface area contributed by atoms with Crippen LogP contribution < -0.4 is 15.4 Å². The van der Waals surface area contributed by atoms with E-state index in [1.54, 1.807) is 24.3 Å². The van der Waals surface area contributed by atoms with Crippen molar-refractivity contribution in [2.45, 2.75) is 18.2 Å². The normalized spacial score (nSPS) is 10.7. The third-order valence-electron chi connectivity index (χ3n) is 3.83. The number of benzene rings is 2. The zero-order valence-electron chi connectivity index (χ0n) is 16.5. The molecule has 0 unspecified atom stereocenters. The third kappa shape index (κ3) is 7.21. The van der Waals surface area contributed by atoms with Crippen LogP contribution in [0.5, 0.6) is 5.75 Å². The summed E-state index contributed by atoms with van der Waals surface area (Å²) in [4.78, 5) is 34.7. The molecule has 2 amide bonds. The molecule has 9 nitrogen and oxygen atoms in total. The van der Waals surface area contributed by atoms with Gasteiger partial charge in [-0.3, -0.25) is 14.4 Å². The van der Waals surface area contributed by atoms with Crippen molar-refractivity contribution in [2.75, 3.05) is 30.1 Å². The molecule has 0 saturated carbocycles. The van der Waals surface area contributed by atoms with Crippen molar-refractivity contribution in [3.8, 4) is 5.75 Å². The fraction of sp³-hybridized carbons (Fsp3) is 0.250. The van der Waals surface area contributed by atoms with Gasteiger partial charge in [0.2, 0.25) is 5.91 Å². The Kier molecular flexibility index (Phi) is 7.93. The lowest BCUT2D eigenvalue weighted by molar-refractivity contribution is -0.146. The molecule has 0 atom stereocenters. The zero-order chi connectivity index (χ0) is 22.1. The molecule has 0 bridgehead atoms. The van der Waals surface area contributed by atoms with E-state index in [4.69, 9.17) is 9.47 Å². The summed E-state index contributed by atoms with van der Waals surface area (Å²) in [6.07, 6.45) is -0.401. The molecule has 10 heteroatoms. The standard InChI is InChI=1S/C20H22N2O7S/c1-14(23)21-15-6-8-18(9-7-15)30(26,27)11-10-20(25)29-13-19(24)22-16-4-3-5-17(12-16)28-2/h3-9,12H,10-11,13H2,1-2H3,(H,21,23)(H,22,24). The number of hydrogen-bond acceptors (Lipinski definition) is 7. The Morgan fingerprint density at radius 1 is 0.967 bits per heavy atom. The second-order valence-electron chi connectivity index (χ2n) is 6.22. The molecule has 0 aliphatic carbocycles. The van der Waals surface area contributed by atoms with Gasteiger partial charge in [0.25, 0.3) is 5.91 Å². The highest BCUT2D eigenvalue weighted by Gasteiger charge is 2.18. The van der Waals surface area contributed by atoms with Crippen molar-refractivity contribution in [3.63, 3.8) is 0 Å². The monoisotopic (exact) mass is 434 g/mol. The first-order valence-electron chi connectivity index (χ1n) is 8.89. The second-order valence-corrected chi connectivity index (χ2v) is 8.32. The molecule has 160 valence electrons. The molecule has 0 aromatic heterocycles. The van der Waals surface area contributed by atoms with Gasteiger partial charge in [-0.05, 0) is 36.4 Å². The first kappa shape index (κ1) is 22.9. The summed E-state index contributed by atoms with van der Waals surface area (Å²) in [6, 6.07) is 12.2. The van der Waals surface area contributed by atoms with Crippen molar-refractivity contribution in [1.29, 1.82) is 0 Å². The largest absolute Gasteiger partial charge is 0.497 e. The van der Waals surface area contributed by atoms with Gasteiger partial charge in [-0.2, -0.15) is 0 Å². The molecule has 0 saturated heterocycles. The summed E-state index contributed by atoms with van der Waals surface area (Å²) in [5, 5.41) is 5.08. The lowest BCUT2D eigenvalue weighted by atomic mass is 10.3. The first-order valence-corrected chi connectivity index (χ1v) is 10.5. The van der Waals surface area contributed by atoms with Gasteiger partial charge < -0.3 is 20.1 Å². The molecular weight excluding hydrogens is 412 g/mol. The number of amides is 2. The Balaban J connectivity index is 1.81. The van der Waals surface area contributed by atoms with Gasteiger partial charge in [0, 0.05) is 24.4 Å². The molecule has 0 heterocycles. The maximum Gasteiger partial charge on any atom is 0.307 e. The minimum absolute atomic E-state index is 0.0140. The Morgan fingerprint density at radius 3 is 2.30 bits per heavy atom. The average molecular weight is 434 g/mol. The molecule has 2 N–H and O–H groups in total. The van der Waals surface area contributed by atoms with Crippen LogP contribution in [0, 0.1) is 0 Å². The van der Waals surface area contributed by atoms with Gasteiger partial charge in [-0.25, -0.2) is 8.42 Å². The van der Waals surface area contributed by atoms with Gasteiger partial charge in [-0.1, -0.05) is 6.07 Å². The van der Waals surface area contributed by atoms with Crippen molar-refractivity contribution < 1.29 is 32.3 Å². The molecule has 2 aromatic rings. The van der Waals surface area contributed by atoms with E-state index in [1.807, 2.05) is 0 Å². The van der Waals surface area contributed by atoms with E-state index >= 15 is 0 Å². The lowest BCUT2D eigenvalue weighted by Gasteiger charge is -2.08. The van der Waals surface area contributed by atoms with Crippen LogP contribution in [0.15, 0.2) is 53.4 Å². The highest BCUT2D eigenvalue weighted by molar-refractivity contribution is 7.91. The Labute approximate surface area is 174 Å². The summed E-state index contributed by atoms with van der Waals surface area (Å²) in [6.45, 7) is 0.800. The molecule has 2 aromatic carbocycles. The van der Waals surface area contributed by atoms with Crippen LogP contribution in [0.3, 0.4) is 0 Å². The average Bonchev–Trinajstić information content (AvgIpc) is 2.71. The Bertz CT molecular complexity index is 1020. The van der Waals surface area contributed by atoms with E-state index in [2.05, 4.69) is 10.6 Å². The molecule has 0 aliphatic heterocycles. The van der Waals surface area contributed by atoms with Gasteiger partial charge in [0.05, 0.1) is 24.2 Å². The number of carbonyl (C=O) groups is 3. The number of rotatable bonds is 9. The summed E-state index contributed by atoms with van der Waals surface area (Å²) in [5.41, 5.74) is 0.934. The van der Waals surface area contributed by atoms with Crippen molar-refractivity contribution in [3.05, 3.63) is 48.5 Å². The minimum atomic E-state index is -3.72. The summed E-state index contributed by atoms with van der Waals surface area (Å²) in [5.74, 6) is -1.56. The van der Waals surface area contributed by atoms with Crippen molar-refractivity contribution >= 4 is 39.0 Å². The smallest absolute Gasteiger partial charge is 0.307 e. The fourth-order valence-corrected chi connectivity index (χ4v) is 3.62. The Morgan fingerprint density at radius 2 is 1.67 bits per heavy atom. The maximum atomic E-state index is 12.3. The fourth-order valence-electron chi connectivity index (χ4n) is 2.40. The number of methoxy groups -OCH3 is 1. The van der Waals surface area contributed by atoms with Crippen LogP contribution >= 0.6 is 0 Å². The summed E-state index contributed by atoms with van der Waals surface area (Å²) < 4.78 is 34.5. The van der Waals surface area contributed by atoms with E-state index in [1.165, 1.54) is 38.3 Å². The van der Waals surface area contributed by atoms with E-state index in [0.717, 1.165) is 0 Å². The van der Waals surface area contributed by atoms with Crippen molar-refractivity contribution in [2.24, 2.45) is 0 Å². The second kappa shape index (κ2) is 10.4. The number of carbonyl (C=O) groups excluding carboxylic acids is 3. The summed E-state index contributed by atoms with van der Waals surface area (Å²) in [7, 11) is -2.23. The molecule has 2 rings (SSSR count). The molecule has 0 spiro atoms. The molecule has 0 aliphatic rings. The number of nitrogens with one attached hydrogen (secondary N) is 2. The number of anilines is 2. The predicted octanol–water partition coefficient (Wildman–Crippen LogP) is 2.00. The van der Waals surface area contributed by atoms with Crippen LogP contribution in [0.2, 0.25) is 0 Å². The lowest BCUT2D eigenvalue weighted by Crippen LogP contribution is -2.22. The van der Waals surface area contributed by atoms with E-state index in [0.29, 0.717) is 17.1 Å². The molecular formula is C20H22N2O7S. The maximum absolute atomic E-state index is 12.3. The van der Waals surface area contributed by atoms with E-state index in [9.17, 15) is 22.8 Å². The summed E-state index contributed by atoms with van der Waals surface area (Å²) >= 11 is 0. The first-order chi connectivity index (χ1) is 14.2. The molecule has 0 radical (unpaired) electrons. The van der Waals surface area contributed by atoms with E-state index in [-0.39, 0.29) is 10.8 Å². The number of hydrogen-bond donors (Lipinski definition) is 2. The van der Waals surface area contributed by atoms with Gasteiger partial charge in [0.15, 0.2) is 16.4 Å². The number of ether oxygens (including phenoxy) is 2. The number of sulfone groups is 1. The predicted molar refractivity (Wildman–Crippen MR) is 110 cm³/mol. The number of esters is 1. The van der Waals surface area contributed by atoms with Gasteiger partial charge in [0.1, 0.15) is 5.75 Å². The van der Waals surface area contributed by atoms with Crippen LogP contribution in [-0.4, -0.2) is 45.7 Å². The zero-order valence-corrected chi connectivity index (χ0v) is 17.3. The SMILES string of the molecule is COc1cccc(NC(=O)COC(=O)CCS(=O)(=O)c2ccc(NC(C)=O)cc2)c1. The minimum Gasteiger partial charge on any atom is -0.497 e.